The van der Waals surface area contributed by atoms with Crippen LogP contribution < -0.4 is 0 Å². The number of quaternary nitrogens is 2. The number of ketones is 1. The molecule has 0 aromatic carbocycles. The monoisotopic (exact) mass is 565 g/mol. The fourth-order valence-electron chi connectivity index (χ4n) is 7.47. The van der Waals surface area contributed by atoms with Crippen molar-refractivity contribution in [3.05, 3.63) is 0 Å². The highest BCUT2D eigenvalue weighted by Crippen LogP contribution is 2.38. The van der Waals surface area contributed by atoms with E-state index in [1.54, 1.807) is 0 Å². The number of carbonyl (C=O) groups excluding carboxylic acids is 2. The van der Waals surface area contributed by atoms with Gasteiger partial charge in [0.2, 0.25) is 0 Å². The van der Waals surface area contributed by atoms with Crippen LogP contribution >= 0.6 is 0 Å². The number of unbranched alkanes of at least 4 members (excludes halogenated alkanes) is 7. The Labute approximate surface area is 249 Å². The standard InChI is InChI=1S/C35H68N2O3/c1-28(2)32-21-20-30(4)25-33(32)34(38)26-36(5,6)22-15-13-11-9-10-12-14-16-23-37(7,8)27-35(39)40-31-19-17-18-29(3)24-31/h28-33H,9-27H2,1-8H3/q+2/t29-,30-,31-,32-,33-/m1/s1. The van der Waals surface area contributed by atoms with Crippen LogP contribution in [0.2, 0.25) is 0 Å². The van der Waals surface area contributed by atoms with Crippen LogP contribution in [-0.4, -0.2) is 81.2 Å². The molecule has 0 bridgehead atoms. The molecule has 0 radical (unpaired) electrons. The molecule has 0 heterocycles. The summed E-state index contributed by atoms with van der Waals surface area (Å²) in [5, 5.41) is 0. The summed E-state index contributed by atoms with van der Waals surface area (Å²) >= 11 is 0. The summed E-state index contributed by atoms with van der Waals surface area (Å²) in [5.41, 5.74) is 0. The van der Waals surface area contributed by atoms with Crippen LogP contribution in [0.25, 0.3) is 0 Å². The fourth-order valence-corrected chi connectivity index (χ4v) is 7.47. The quantitative estimate of drug-likeness (QED) is 0.0975. The maximum atomic E-state index is 13.3. The molecule has 2 fully saturated rings. The minimum Gasteiger partial charge on any atom is -0.458 e. The zero-order valence-corrected chi connectivity index (χ0v) is 28.0. The van der Waals surface area contributed by atoms with Gasteiger partial charge in [-0.15, -0.1) is 0 Å². The molecule has 0 unspecified atom stereocenters. The minimum atomic E-state index is -0.0152. The van der Waals surface area contributed by atoms with Crippen LogP contribution in [-0.2, 0) is 14.3 Å². The Morgan fingerprint density at radius 1 is 0.700 bits per heavy atom. The Morgan fingerprint density at radius 2 is 1.23 bits per heavy atom. The van der Waals surface area contributed by atoms with Crippen molar-refractivity contribution in [2.45, 2.75) is 130 Å². The summed E-state index contributed by atoms with van der Waals surface area (Å²) in [4.78, 5) is 25.8. The molecular weight excluding hydrogens is 496 g/mol. The molecule has 5 nitrogen and oxygen atoms in total. The van der Waals surface area contributed by atoms with E-state index in [2.05, 4.69) is 55.9 Å². The van der Waals surface area contributed by atoms with Gasteiger partial charge in [0, 0.05) is 5.92 Å². The molecule has 0 aromatic heterocycles. The third-order valence-corrected chi connectivity index (χ3v) is 10.0. The first-order chi connectivity index (χ1) is 18.8. The van der Waals surface area contributed by atoms with Crippen molar-refractivity contribution in [3.63, 3.8) is 0 Å². The van der Waals surface area contributed by atoms with E-state index in [9.17, 15) is 9.59 Å². The number of carbonyl (C=O) groups is 2. The lowest BCUT2D eigenvalue weighted by molar-refractivity contribution is -0.883. The van der Waals surface area contributed by atoms with Gasteiger partial charge < -0.3 is 13.7 Å². The lowest BCUT2D eigenvalue weighted by Gasteiger charge is -2.38. The smallest absolute Gasteiger partial charge is 0.362 e. The Morgan fingerprint density at radius 3 is 1.77 bits per heavy atom. The molecule has 0 amide bonds. The predicted octanol–water partition coefficient (Wildman–Crippen LogP) is 7.66. The fraction of sp³-hybridized carbons (Fsp3) is 0.943. The third-order valence-electron chi connectivity index (χ3n) is 10.0. The summed E-state index contributed by atoms with van der Waals surface area (Å²) in [6.07, 6.45) is 18.4. The zero-order chi connectivity index (χ0) is 29.8. The summed E-state index contributed by atoms with van der Waals surface area (Å²) < 4.78 is 7.38. The van der Waals surface area contributed by atoms with E-state index < -0.39 is 0 Å². The average molecular weight is 565 g/mol. The van der Waals surface area contributed by atoms with Gasteiger partial charge >= 0.3 is 5.97 Å². The summed E-state index contributed by atoms with van der Waals surface area (Å²) in [6.45, 7) is 12.5. The number of ether oxygens (including phenoxy) is 1. The van der Waals surface area contributed by atoms with E-state index in [4.69, 9.17) is 4.74 Å². The second-order valence-corrected chi connectivity index (χ2v) is 15.7. The average Bonchev–Trinajstić information content (AvgIpc) is 2.84. The van der Waals surface area contributed by atoms with Gasteiger partial charge in [-0.05, 0) is 81.5 Å². The maximum absolute atomic E-state index is 13.3. The molecule has 2 rings (SSSR count). The summed E-state index contributed by atoms with van der Waals surface area (Å²) in [5.74, 6) is 3.37. The van der Waals surface area contributed by atoms with Crippen LogP contribution in [0.1, 0.15) is 124 Å². The highest BCUT2D eigenvalue weighted by Gasteiger charge is 2.37. The topological polar surface area (TPSA) is 43.4 Å². The lowest BCUT2D eigenvalue weighted by atomic mass is 9.68. The maximum Gasteiger partial charge on any atom is 0.362 e. The number of hydrogen-bond acceptors (Lipinski definition) is 3. The van der Waals surface area contributed by atoms with Gasteiger partial charge in [-0.3, -0.25) is 4.79 Å². The van der Waals surface area contributed by atoms with Gasteiger partial charge in [-0.2, -0.15) is 0 Å². The van der Waals surface area contributed by atoms with E-state index in [1.807, 2.05) is 0 Å². The Hall–Kier alpha value is -0.940. The number of nitrogens with zero attached hydrogens (tertiary/aromatic N) is 2. The second-order valence-electron chi connectivity index (χ2n) is 15.7. The van der Waals surface area contributed by atoms with E-state index in [0.717, 1.165) is 41.3 Å². The van der Waals surface area contributed by atoms with Crippen LogP contribution in [0.3, 0.4) is 0 Å². The molecule has 40 heavy (non-hydrogen) atoms. The Balaban J connectivity index is 1.51. The van der Waals surface area contributed by atoms with Gasteiger partial charge in [-0.1, -0.05) is 66.2 Å². The van der Waals surface area contributed by atoms with Crippen LogP contribution in [0.15, 0.2) is 0 Å². The highest BCUT2D eigenvalue weighted by molar-refractivity contribution is 5.82. The van der Waals surface area contributed by atoms with Crippen molar-refractivity contribution in [2.24, 2.45) is 29.6 Å². The molecule has 0 saturated heterocycles. The van der Waals surface area contributed by atoms with Gasteiger partial charge in [0.1, 0.15) is 12.6 Å². The van der Waals surface area contributed by atoms with Crippen molar-refractivity contribution in [1.29, 1.82) is 0 Å². The summed E-state index contributed by atoms with van der Waals surface area (Å²) in [6, 6.07) is 0. The van der Waals surface area contributed by atoms with Gasteiger partial charge in [0.05, 0.1) is 41.3 Å². The molecule has 0 aliphatic heterocycles. The van der Waals surface area contributed by atoms with Gasteiger partial charge in [0.25, 0.3) is 0 Å². The molecule has 2 aliphatic rings. The number of esters is 1. The normalized spacial score (nSPS) is 26.2. The van der Waals surface area contributed by atoms with Crippen molar-refractivity contribution in [2.75, 3.05) is 54.4 Å². The first kappa shape index (κ1) is 35.3. The first-order valence-corrected chi connectivity index (χ1v) is 17.1. The van der Waals surface area contributed by atoms with Crippen LogP contribution in [0.4, 0.5) is 0 Å². The number of rotatable bonds is 18. The molecular formula is C35H68N2O3+2. The zero-order valence-electron chi connectivity index (χ0n) is 28.0. The first-order valence-electron chi connectivity index (χ1n) is 17.1. The van der Waals surface area contributed by atoms with Crippen LogP contribution in [0, 0.1) is 29.6 Å². The van der Waals surface area contributed by atoms with E-state index in [0.29, 0.717) is 42.5 Å². The SMILES string of the molecule is CC(C)[C@H]1CC[C@@H](C)C[C@H]1C(=O)C[N+](C)(C)CCCCCCCCCC[N+](C)(C)CC(=O)O[C@@H]1CCC[C@@H](C)C1. The van der Waals surface area contributed by atoms with Crippen molar-refractivity contribution in [3.8, 4) is 0 Å². The van der Waals surface area contributed by atoms with Crippen LogP contribution in [0.5, 0.6) is 0 Å². The molecule has 0 N–H and O–H groups in total. The highest BCUT2D eigenvalue weighted by atomic mass is 16.5. The van der Waals surface area contributed by atoms with E-state index in [-0.39, 0.29) is 18.0 Å². The number of hydrogen-bond donors (Lipinski definition) is 0. The molecule has 2 aliphatic carbocycles. The van der Waals surface area contributed by atoms with Crippen molar-refractivity contribution >= 4 is 11.8 Å². The number of likely N-dealkylation sites (N-methyl/N-ethyl adjacent to an activating group) is 2. The number of Topliss-reactive ketones (excluding diaryl/α,β-unsaturated/α-hetero) is 1. The van der Waals surface area contributed by atoms with Crippen molar-refractivity contribution < 1.29 is 23.3 Å². The van der Waals surface area contributed by atoms with Crippen molar-refractivity contribution in [1.82, 2.24) is 0 Å². The van der Waals surface area contributed by atoms with E-state index in [1.165, 1.54) is 77.0 Å². The molecule has 2 saturated carbocycles. The predicted molar refractivity (Wildman–Crippen MR) is 168 cm³/mol. The third kappa shape index (κ3) is 13.8. The molecule has 234 valence electrons. The van der Waals surface area contributed by atoms with E-state index >= 15 is 0 Å². The largest absolute Gasteiger partial charge is 0.458 e. The second kappa shape index (κ2) is 17.2. The Bertz CT molecular complexity index is 747. The van der Waals surface area contributed by atoms with Gasteiger partial charge in [0.15, 0.2) is 12.3 Å². The molecule has 5 heteroatoms. The molecule has 0 spiro atoms. The summed E-state index contributed by atoms with van der Waals surface area (Å²) in [7, 11) is 8.84. The van der Waals surface area contributed by atoms with Gasteiger partial charge in [-0.25, -0.2) is 4.79 Å². The molecule has 0 aromatic rings. The minimum absolute atomic E-state index is 0.0152. The Kier molecular flexibility index (Phi) is 15.2. The molecule has 5 atom stereocenters. The lowest BCUT2D eigenvalue weighted by Crippen LogP contribution is -2.48.